The van der Waals surface area contributed by atoms with Crippen LogP contribution in [-0.4, -0.2) is 22.7 Å². The van der Waals surface area contributed by atoms with Crippen LogP contribution in [0.2, 0.25) is 0 Å². The van der Waals surface area contributed by atoms with Gasteiger partial charge in [-0.3, -0.25) is 4.98 Å². The van der Waals surface area contributed by atoms with Crippen LogP contribution in [0.25, 0.3) is 0 Å². The smallest absolute Gasteiger partial charge is 0.141 e. The minimum absolute atomic E-state index is 0.0977. The molecule has 3 nitrogen and oxygen atoms in total. The first-order valence-electron chi connectivity index (χ1n) is 8.23. The molecule has 4 heteroatoms. The lowest BCUT2D eigenvalue weighted by molar-refractivity contribution is 0.0642. The van der Waals surface area contributed by atoms with E-state index in [1.165, 1.54) is 25.1 Å². The van der Waals surface area contributed by atoms with Crippen LogP contribution in [-0.2, 0) is 0 Å². The van der Waals surface area contributed by atoms with Crippen LogP contribution >= 0.6 is 0 Å². The van der Waals surface area contributed by atoms with Crippen LogP contribution in [0.1, 0.15) is 63.6 Å². The van der Waals surface area contributed by atoms with Crippen LogP contribution in [0.3, 0.4) is 0 Å². The Morgan fingerprint density at radius 2 is 2.19 bits per heavy atom. The summed E-state index contributed by atoms with van der Waals surface area (Å²) in [4.78, 5) is 4.15. The van der Waals surface area contributed by atoms with Crippen LogP contribution < -0.4 is 5.32 Å². The first-order valence-corrected chi connectivity index (χ1v) is 8.23. The molecule has 21 heavy (non-hydrogen) atoms. The number of aromatic nitrogens is 1. The topological polar surface area (TPSA) is 45.1 Å². The van der Waals surface area contributed by atoms with Gasteiger partial charge < -0.3 is 10.4 Å². The normalized spacial score (nSPS) is 24.0. The Labute approximate surface area is 127 Å². The first-order chi connectivity index (χ1) is 10.2. The predicted octanol–water partition coefficient (Wildman–Crippen LogP) is 3.59. The maximum absolute atomic E-state index is 12.9. The van der Waals surface area contributed by atoms with E-state index < -0.39 is 0 Å². The van der Waals surface area contributed by atoms with Crippen molar-refractivity contribution >= 4 is 0 Å². The average Bonchev–Trinajstić information content (AvgIpc) is 2.50. The van der Waals surface area contributed by atoms with Crippen molar-refractivity contribution in [3.05, 3.63) is 29.8 Å². The summed E-state index contributed by atoms with van der Waals surface area (Å²) in [6.45, 7) is 3.02. The predicted molar refractivity (Wildman–Crippen MR) is 82.4 cm³/mol. The molecule has 0 aliphatic heterocycles. The lowest BCUT2D eigenvalue weighted by Crippen LogP contribution is -2.27. The Balaban J connectivity index is 1.72. The molecule has 1 aliphatic rings. The fraction of sp³-hybridized carbons (Fsp3) is 0.706. The van der Waals surface area contributed by atoms with Crippen molar-refractivity contribution < 1.29 is 9.50 Å². The monoisotopic (exact) mass is 294 g/mol. The summed E-state index contributed by atoms with van der Waals surface area (Å²) in [6.07, 6.45) is 8.83. The second-order valence-electron chi connectivity index (χ2n) is 6.07. The van der Waals surface area contributed by atoms with Gasteiger partial charge in [0.1, 0.15) is 5.82 Å². The molecule has 1 fully saturated rings. The number of pyridine rings is 1. The van der Waals surface area contributed by atoms with Crippen molar-refractivity contribution in [1.82, 2.24) is 10.3 Å². The third-order valence-corrected chi connectivity index (χ3v) is 4.53. The molecule has 3 atom stereocenters. The van der Waals surface area contributed by atoms with Gasteiger partial charge in [-0.05, 0) is 56.7 Å². The molecule has 1 aromatic heterocycles. The lowest BCUT2D eigenvalue weighted by atomic mass is 9.83. The molecular formula is C17H27FN2O. The number of nitrogens with zero attached hydrogens (tertiary/aromatic N) is 1. The average molecular weight is 294 g/mol. The van der Waals surface area contributed by atoms with E-state index in [4.69, 9.17) is 0 Å². The van der Waals surface area contributed by atoms with Gasteiger partial charge in [0.05, 0.1) is 18.0 Å². The lowest BCUT2D eigenvalue weighted by Gasteiger charge is -2.27. The fourth-order valence-corrected chi connectivity index (χ4v) is 3.22. The first kappa shape index (κ1) is 16.4. The molecule has 1 aromatic rings. The highest BCUT2D eigenvalue weighted by Gasteiger charge is 2.22. The van der Waals surface area contributed by atoms with Crippen molar-refractivity contribution in [2.45, 2.75) is 64.0 Å². The molecule has 2 N–H and O–H groups in total. The van der Waals surface area contributed by atoms with Gasteiger partial charge in [-0.15, -0.1) is 0 Å². The van der Waals surface area contributed by atoms with Gasteiger partial charge >= 0.3 is 0 Å². The molecule has 0 aromatic carbocycles. The molecule has 2 rings (SSSR count). The Bertz CT molecular complexity index is 410. The van der Waals surface area contributed by atoms with Crippen LogP contribution in [0, 0.1) is 11.7 Å². The maximum Gasteiger partial charge on any atom is 0.141 e. The van der Waals surface area contributed by atoms with Crippen molar-refractivity contribution in [2.75, 3.05) is 6.54 Å². The third-order valence-electron chi connectivity index (χ3n) is 4.53. The van der Waals surface area contributed by atoms with E-state index in [-0.39, 0.29) is 18.0 Å². The summed E-state index contributed by atoms with van der Waals surface area (Å²) in [5.41, 5.74) is 0.900. The summed E-state index contributed by atoms with van der Waals surface area (Å²) < 4.78 is 12.9. The Morgan fingerprint density at radius 3 is 2.86 bits per heavy atom. The molecule has 1 aliphatic carbocycles. The fourth-order valence-electron chi connectivity index (χ4n) is 3.22. The molecule has 0 radical (unpaired) electrons. The zero-order chi connectivity index (χ0) is 15.1. The number of hydrogen-bond donors (Lipinski definition) is 2. The molecule has 0 amide bonds. The maximum atomic E-state index is 12.9. The summed E-state index contributed by atoms with van der Waals surface area (Å²) in [7, 11) is 0. The molecule has 1 heterocycles. The zero-order valence-electron chi connectivity index (χ0n) is 12.9. The van der Waals surface area contributed by atoms with E-state index in [1.54, 1.807) is 6.07 Å². The summed E-state index contributed by atoms with van der Waals surface area (Å²) in [6, 6.07) is 3.40. The Morgan fingerprint density at radius 1 is 1.38 bits per heavy atom. The van der Waals surface area contributed by atoms with E-state index in [0.29, 0.717) is 5.92 Å². The second-order valence-corrected chi connectivity index (χ2v) is 6.07. The van der Waals surface area contributed by atoms with Gasteiger partial charge in [0.25, 0.3) is 0 Å². The highest BCUT2D eigenvalue weighted by molar-refractivity contribution is 5.09. The SMILES string of the molecule is CCC(NCCCC1CCCCC1O)c1ccc(F)cn1. The standard InChI is InChI=1S/C17H27FN2O/c1-2-15(16-10-9-14(18)12-20-16)19-11-5-7-13-6-3-4-8-17(13)21/h9-10,12-13,15,17,19,21H,2-8,11H2,1H3. The van der Waals surface area contributed by atoms with E-state index >= 15 is 0 Å². The Kier molecular flexibility index (Phi) is 6.58. The van der Waals surface area contributed by atoms with Crippen molar-refractivity contribution in [2.24, 2.45) is 5.92 Å². The minimum atomic E-state index is -0.292. The van der Waals surface area contributed by atoms with E-state index in [0.717, 1.165) is 44.3 Å². The van der Waals surface area contributed by atoms with E-state index in [2.05, 4.69) is 17.2 Å². The molecule has 3 unspecified atom stereocenters. The quantitative estimate of drug-likeness (QED) is 0.755. The molecular weight excluding hydrogens is 267 g/mol. The summed E-state index contributed by atoms with van der Waals surface area (Å²) in [5, 5.41) is 13.5. The number of aliphatic hydroxyl groups is 1. The highest BCUT2D eigenvalue weighted by atomic mass is 19.1. The van der Waals surface area contributed by atoms with Gasteiger partial charge in [-0.1, -0.05) is 19.8 Å². The number of hydrogen-bond acceptors (Lipinski definition) is 3. The minimum Gasteiger partial charge on any atom is -0.393 e. The van der Waals surface area contributed by atoms with Gasteiger partial charge in [-0.25, -0.2) is 4.39 Å². The van der Waals surface area contributed by atoms with Crippen LogP contribution in [0.5, 0.6) is 0 Å². The molecule has 118 valence electrons. The van der Waals surface area contributed by atoms with Gasteiger partial charge in [0, 0.05) is 6.04 Å². The van der Waals surface area contributed by atoms with E-state index in [1.807, 2.05) is 0 Å². The molecule has 0 bridgehead atoms. The third kappa shape index (κ3) is 5.04. The van der Waals surface area contributed by atoms with Crippen molar-refractivity contribution in [3.8, 4) is 0 Å². The van der Waals surface area contributed by atoms with Gasteiger partial charge in [0.15, 0.2) is 0 Å². The van der Waals surface area contributed by atoms with Crippen LogP contribution in [0.4, 0.5) is 4.39 Å². The van der Waals surface area contributed by atoms with Gasteiger partial charge in [-0.2, -0.15) is 0 Å². The van der Waals surface area contributed by atoms with Crippen LogP contribution in [0.15, 0.2) is 18.3 Å². The van der Waals surface area contributed by atoms with Crippen molar-refractivity contribution in [3.63, 3.8) is 0 Å². The highest BCUT2D eigenvalue weighted by Crippen LogP contribution is 2.27. The summed E-state index contributed by atoms with van der Waals surface area (Å²) in [5.74, 6) is 0.185. The number of halogens is 1. The number of nitrogens with one attached hydrogen (secondary N) is 1. The van der Waals surface area contributed by atoms with E-state index in [9.17, 15) is 9.50 Å². The Hall–Kier alpha value is -1.00. The largest absolute Gasteiger partial charge is 0.393 e. The zero-order valence-corrected chi connectivity index (χ0v) is 12.9. The van der Waals surface area contributed by atoms with Crippen molar-refractivity contribution in [1.29, 1.82) is 0 Å². The summed E-state index contributed by atoms with van der Waals surface area (Å²) >= 11 is 0. The number of rotatable bonds is 7. The second kappa shape index (κ2) is 8.44. The molecule has 0 saturated heterocycles. The molecule has 0 spiro atoms. The molecule has 1 saturated carbocycles. The van der Waals surface area contributed by atoms with Gasteiger partial charge in [0.2, 0.25) is 0 Å². The number of aliphatic hydroxyl groups excluding tert-OH is 1.